The fourth-order valence-electron chi connectivity index (χ4n) is 2.33. The molecule has 2 aromatic carbocycles. The van der Waals surface area contributed by atoms with E-state index in [1.54, 1.807) is 0 Å². The lowest BCUT2D eigenvalue weighted by Gasteiger charge is -2.20. The molecular formula is C15H12O2. The quantitative estimate of drug-likeness (QED) is 0.550. The number of hydrogen-bond donors (Lipinski definition) is 0. The van der Waals surface area contributed by atoms with Gasteiger partial charge in [0.1, 0.15) is 11.2 Å². The van der Waals surface area contributed by atoms with E-state index in [9.17, 15) is 4.79 Å². The van der Waals surface area contributed by atoms with Gasteiger partial charge in [-0.15, -0.1) is 0 Å². The minimum Gasteiger partial charge on any atom is -0.425 e. The Hall–Kier alpha value is -2.09. The Morgan fingerprint density at radius 1 is 0.941 bits per heavy atom. The molecule has 0 spiro atoms. The highest BCUT2D eigenvalue weighted by Gasteiger charge is 2.46. The van der Waals surface area contributed by atoms with Crippen molar-refractivity contribution in [3.8, 4) is 5.75 Å². The van der Waals surface area contributed by atoms with Gasteiger partial charge in [-0.05, 0) is 18.6 Å². The van der Waals surface area contributed by atoms with Gasteiger partial charge >= 0.3 is 5.97 Å². The molecule has 1 aliphatic heterocycles. The Kier molecular flexibility index (Phi) is 2.05. The van der Waals surface area contributed by atoms with Crippen LogP contribution in [-0.2, 0) is 10.2 Å². The molecule has 0 aliphatic carbocycles. The molecule has 1 atom stereocenters. The van der Waals surface area contributed by atoms with Crippen LogP contribution in [0.2, 0.25) is 0 Å². The molecule has 0 N–H and O–H groups in total. The second kappa shape index (κ2) is 3.45. The Labute approximate surface area is 99.9 Å². The van der Waals surface area contributed by atoms with E-state index in [-0.39, 0.29) is 5.97 Å². The average Bonchev–Trinajstić information content (AvgIpc) is 2.64. The van der Waals surface area contributed by atoms with Crippen LogP contribution < -0.4 is 4.74 Å². The highest BCUT2D eigenvalue weighted by Crippen LogP contribution is 2.43. The molecule has 1 heterocycles. The number of rotatable bonds is 1. The fraction of sp³-hybridized carbons (Fsp3) is 0.133. The Morgan fingerprint density at radius 2 is 1.59 bits per heavy atom. The van der Waals surface area contributed by atoms with E-state index in [1.807, 2.05) is 61.5 Å². The smallest absolute Gasteiger partial charge is 0.326 e. The van der Waals surface area contributed by atoms with Gasteiger partial charge in [0, 0.05) is 5.56 Å². The zero-order valence-electron chi connectivity index (χ0n) is 9.51. The first-order chi connectivity index (χ1) is 8.23. The van der Waals surface area contributed by atoms with Gasteiger partial charge in [-0.25, -0.2) is 0 Å². The molecule has 0 amide bonds. The lowest BCUT2D eigenvalue weighted by molar-refractivity contribution is -0.136. The summed E-state index contributed by atoms with van der Waals surface area (Å²) in [6, 6.07) is 17.3. The number of hydrogen-bond acceptors (Lipinski definition) is 2. The minimum absolute atomic E-state index is 0.204. The molecule has 0 saturated carbocycles. The molecule has 0 aromatic heterocycles. The number of carbonyl (C=O) groups excluding carboxylic acids is 1. The number of esters is 1. The van der Waals surface area contributed by atoms with Crippen molar-refractivity contribution in [3.05, 3.63) is 65.7 Å². The molecule has 0 unspecified atom stereocenters. The molecule has 0 fully saturated rings. The third-order valence-corrected chi connectivity index (χ3v) is 3.39. The van der Waals surface area contributed by atoms with Crippen LogP contribution in [0, 0.1) is 0 Å². The molecule has 0 radical (unpaired) electrons. The average molecular weight is 224 g/mol. The topological polar surface area (TPSA) is 26.3 Å². The molecule has 0 saturated heterocycles. The summed E-state index contributed by atoms with van der Waals surface area (Å²) < 4.78 is 5.34. The number of ether oxygens (including phenoxy) is 1. The molecule has 1 aliphatic rings. The van der Waals surface area contributed by atoms with Crippen LogP contribution in [-0.4, -0.2) is 5.97 Å². The SMILES string of the molecule is C[C@]1(c2ccccc2)C(=O)Oc2ccccc21. The van der Waals surface area contributed by atoms with Gasteiger partial charge in [0.2, 0.25) is 0 Å². The second-order valence-electron chi connectivity index (χ2n) is 4.38. The van der Waals surface area contributed by atoms with Gasteiger partial charge in [0.25, 0.3) is 0 Å². The summed E-state index contributed by atoms with van der Waals surface area (Å²) >= 11 is 0. The number of carbonyl (C=O) groups is 1. The van der Waals surface area contributed by atoms with Crippen LogP contribution in [0.25, 0.3) is 0 Å². The predicted molar refractivity (Wildman–Crippen MR) is 65.0 cm³/mol. The highest BCUT2D eigenvalue weighted by molar-refractivity contribution is 5.93. The standard InChI is InChI=1S/C15H12O2/c1-15(11-7-3-2-4-8-11)12-9-5-6-10-13(12)17-14(15)16/h2-10H,1H3/t15-/m1/s1. The molecule has 2 heteroatoms. The van der Waals surface area contributed by atoms with Crippen LogP contribution in [0.1, 0.15) is 18.1 Å². The zero-order chi connectivity index (χ0) is 11.9. The van der Waals surface area contributed by atoms with Gasteiger partial charge in [0.05, 0.1) is 0 Å². The summed E-state index contributed by atoms with van der Waals surface area (Å²) in [6.07, 6.45) is 0. The van der Waals surface area contributed by atoms with Crippen molar-refractivity contribution in [2.24, 2.45) is 0 Å². The van der Waals surface area contributed by atoms with Crippen LogP contribution in [0.5, 0.6) is 5.75 Å². The van der Waals surface area contributed by atoms with E-state index in [0.29, 0.717) is 5.75 Å². The van der Waals surface area contributed by atoms with E-state index >= 15 is 0 Å². The molecule has 84 valence electrons. The monoisotopic (exact) mass is 224 g/mol. The maximum atomic E-state index is 12.1. The third-order valence-electron chi connectivity index (χ3n) is 3.39. The van der Waals surface area contributed by atoms with Crippen molar-refractivity contribution in [1.82, 2.24) is 0 Å². The summed E-state index contributed by atoms with van der Waals surface area (Å²) in [7, 11) is 0. The Morgan fingerprint density at radius 3 is 2.35 bits per heavy atom. The van der Waals surface area contributed by atoms with Crippen molar-refractivity contribution in [2.75, 3.05) is 0 Å². The Balaban J connectivity index is 2.24. The first kappa shape index (κ1) is 10.1. The van der Waals surface area contributed by atoms with Gasteiger partial charge in [-0.1, -0.05) is 48.5 Å². The zero-order valence-corrected chi connectivity index (χ0v) is 9.51. The maximum absolute atomic E-state index is 12.1. The van der Waals surface area contributed by atoms with Crippen LogP contribution in [0.4, 0.5) is 0 Å². The van der Waals surface area contributed by atoms with Crippen molar-refractivity contribution in [1.29, 1.82) is 0 Å². The molecular weight excluding hydrogens is 212 g/mol. The highest BCUT2D eigenvalue weighted by atomic mass is 16.5. The third kappa shape index (κ3) is 1.30. The van der Waals surface area contributed by atoms with E-state index in [4.69, 9.17) is 4.74 Å². The van der Waals surface area contributed by atoms with Crippen molar-refractivity contribution in [3.63, 3.8) is 0 Å². The number of benzene rings is 2. The molecule has 2 nitrogen and oxygen atoms in total. The summed E-state index contributed by atoms with van der Waals surface area (Å²) in [4.78, 5) is 12.1. The van der Waals surface area contributed by atoms with E-state index in [2.05, 4.69) is 0 Å². The normalized spacial score (nSPS) is 22.1. The van der Waals surface area contributed by atoms with Crippen molar-refractivity contribution in [2.45, 2.75) is 12.3 Å². The van der Waals surface area contributed by atoms with Crippen molar-refractivity contribution < 1.29 is 9.53 Å². The van der Waals surface area contributed by atoms with Crippen LogP contribution in [0.3, 0.4) is 0 Å². The van der Waals surface area contributed by atoms with Gasteiger partial charge < -0.3 is 4.74 Å². The van der Waals surface area contributed by atoms with Crippen LogP contribution >= 0.6 is 0 Å². The largest absolute Gasteiger partial charge is 0.425 e. The van der Waals surface area contributed by atoms with Crippen molar-refractivity contribution >= 4 is 5.97 Å². The predicted octanol–water partition coefficient (Wildman–Crippen LogP) is 2.91. The van der Waals surface area contributed by atoms with Gasteiger partial charge in [-0.3, -0.25) is 4.79 Å². The fourth-order valence-corrected chi connectivity index (χ4v) is 2.33. The molecule has 2 aromatic rings. The lowest BCUT2D eigenvalue weighted by atomic mass is 9.77. The van der Waals surface area contributed by atoms with Gasteiger partial charge in [-0.2, -0.15) is 0 Å². The minimum atomic E-state index is -0.683. The maximum Gasteiger partial charge on any atom is 0.326 e. The van der Waals surface area contributed by atoms with Gasteiger partial charge in [0.15, 0.2) is 0 Å². The number of para-hydroxylation sites is 1. The first-order valence-electron chi connectivity index (χ1n) is 5.60. The summed E-state index contributed by atoms with van der Waals surface area (Å²) in [5.74, 6) is 0.466. The summed E-state index contributed by atoms with van der Waals surface area (Å²) in [6.45, 7) is 1.91. The van der Waals surface area contributed by atoms with E-state index < -0.39 is 5.41 Å². The first-order valence-corrected chi connectivity index (χ1v) is 5.60. The number of fused-ring (bicyclic) bond motifs is 1. The molecule has 17 heavy (non-hydrogen) atoms. The summed E-state index contributed by atoms with van der Waals surface area (Å²) in [5.41, 5.74) is 1.23. The summed E-state index contributed by atoms with van der Waals surface area (Å²) in [5, 5.41) is 0. The van der Waals surface area contributed by atoms with Crippen LogP contribution in [0.15, 0.2) is 54.6 Å². The second-order valence-corrected chi connectivity index (χ2v) is 4.38. The molecule has 0 bridgehead atoms. The van der Waals surface area contributed by atoms with E-state index in [0.717, 1.165) is 11.1 Å². The Bertz CT molecular complexity index is 574. The lowest BCUT2D eigenvalue weighted by Crippen LogP contribution is -2.31. The molecule has 3 rings (SSSR count). The van der Waals surface area contributed by atoms with E-state index in [1.165, 1.54) is 0 Å².